The van der Waals surface area contributed by atoms with Crippen molar-refractivity contribution >= 4 is 35.2 Å². The van der Waals surface area contributed by atoms with Crippen LogP contribution in [0, 0.1) is 5.92 Å². The Hall–Kier alpha value is -2.59. The summed E-state index contributed by atoms with van der Waals surface area (Å²) in [5.74, 6) is 0.0742. The molecule has 2 aromatic rings. The number of rotatable bonds is 6. The van der Waals surface area contributed by atoms with Gasteiger partial charge in [0.1, 0.15) is 0 Å². The summed E-state index contributed by atoms with van der Waals surface area (Å²) in [4.78, 5) is 23.9. The predicted octanol–water partition coefficient (Wildman–Crippen LogP) is 4.58. The lowest BCUT2D eigenvalue weighted by atomic mass is 10.1. The Bertz CT molecular complexity index is 826. The molecule has 134 valence electrons. The fourth-order valence-electron chi connectivity index (χ4n) is 2.57. The molecule has 1 unspecified atom stereocenters. The van der Waals surface area contributed by atoms with Gasteiger partial charge >= 0.3 is 0 Å². The highest BCUT2D eigenvalue weighted by Crippen LogP contribution is 2.30. The van der Waals surface area contributed by atoms with E-state index in [9.17, 15) is 9.59 Å². The summed E-state index contributed by atoms with van der Waals surface area (Å²) in [6, 6.07) is 14.7. The molecule has 0 aliphatic heterocycles. The van der Waals surface area contributed by atoms with Crippen LogP contribution < -0.4 is 10.6 Å². The Morgan fingerprint density at radius 2 is 1.81 bits per heavy atom. The van der Waals surface area contributed by atoms with Crippen LogP contribution >= 0.6 is 11.6 Å². The van der Waals surface area contributed by atoms with Crippen molar-refractivity contribution in [1.29, 1.82) is 0 Å². The summed E-state index contributed by atoms with van der Waals surface area (Å²) in [5, 5.41) is 6.43. The van der Waals surface area contributed by atoms with Crippen molar-refractivity contribution in [3.05, 3.63) is 70.8 Å². The van der Waals surface area contributed by atoms with Gasteiger partial charge in [-0.2, -0.15) is 0 Å². The smallest absolute Gasteiger partial charge is 0.244 e. The number of hydrogen-bond acceptors (Lipinski definition) is 2. The molecule has 1 atom stereocenters. The van der Waals surface area contributed by atoms with E-state index in [4.69, 9.17) is 11.6 Å². The molecular weight excluding hydrogens is 348 g/mol. The minimum absolute atomic E-state index is 0.0869. The molecule has 0 aromatic heterocycles. The number of amides is 2. The van der Waals surface area contributed by atoms with Gasteiger partial charge in [0, 0.05) is 22.7 Å². The zero-order valence-electron chi connectivity index (χ0n) is 14.5. The molecule has 2 N–H and O–H groups in total. The van der Waals surface area contributed by atoms with Crippen LogP contribution in [0.2, 0.25) is 5.02 Å². The minimum atomic E-state index is -0.191. The highest BCUT2D eigenvalue weighted by molar-refractivity contribution is 6.32. The minimum Gasteiger partial charge on any atom is -0.346 e. The Labute approximate surface area is 158 Å². The molecule has 0 saturated heterocycles. The van der Waals surface area contributed by atoms with Crippen molar-refractivity contribution in [1.82, 2.24) is 5.32 Å². The van der Waals surface area contributed by atoms with Crippen molar-refractivity contribution in [3.63, 3.8) is 0 Å². The van der Waals surface area contributed by atoms with E-state index in [2.05, 4.69) is 10.6 Å². The molecule has 1 fully saturated rings. The molecule has 2 aromatic carbocycles. The van der Waals surface area contributed by atoms with Crippen LogP contribution in [-0.4, -0.2) is 11.8 Å². The van der Waals surface area contributed by atoms with Gasteiger partial charge in [0.25, 0.3) is 0 Å². The lowest BCUT2D eigenvalue weighted by Gasteiger charge is -2.14. The molecular formula is C21H21ClN2O2. The van der Waals surface area contributed by atoms with Crippen molar-refractivity contribution in [3.8, 4) is 0 Å². The fraction of sp³-hybridized carbons (Fsp3) is 0.238. The number of benzene rings is 2. The second-order valence-corrected chi connectivity index (χ2v) is 6.88. The first-order chi connectivity index (χ1) is 12.5. The van der Waals surface area contributed by atoms with Crippen molar-refractivity contribution in [2.75, 3.05) is 5.32 Å². The standard InChI is InChI=1S/C21H21ClN2O2/c1-14(23-20(25)13-10-16-4-2-3-5-19(16)22)15-8-11-18(12-9-15)24-21(26)17-6-7-17/h2-5,8-14,17H,6-7H2,1H3,(H,23,25)(H,24,26)/b13-10+. The lowest BCUT2D eigenvalue weighted by Crippen LogP contribution is -2.24. The van der Waals surface area contributed by atoms with Gasteiger partial charge in [-0.05, 0) is 55.2 Å². The molecule has 26 heavy (non-hydrogen) atoms. The first-order valence-electron chi connectivity index (χ1n) is 8.67. The molecule has 1 aliphatic carbocycles. The monoisotopic (exact) mass is 368 g/mol. The summed E-state index contributed by atoms with van der Waals surface area (Å²) in [6.07, 6.45) is 5.13. The highest BCUT2D eigenvalue weighted by Gasteiger charge is 2.29. The molecule has 1 aliphatic rings. The Morgan fingerprint density at radius 3 is 2.46 bits per heavy atom. The largest absolute Gasteiger partial charge is 0.346 e. The summed E-state index contributed by atoms with van der Waals surface area (Å²) < 4.78 is 0. The maximum Gasteiger partial charge on any atom is 0.244 e. The van der Waals surface area contributed by atoms with Crippen molar-refractivity contribution < 1.29 is 9.59 Å². The van der Waals surface area contributed by atoms with Crippen molar-refractivity contribution in [2.45, 2.75) is 25.8 Å². The lowest BCUT2D eigenvalue weighted by molar-refractivity contribution is -0.118. The Morgan fingerprint density at radius 1 is 1.12 bits per heavy atom. The third kappa shape index (κ3) is 4.96. The fourth-order valence-corrected chi connectivity index (χ4v) is 2.76. The second kappa shape index (κ2) is 8.19. The normalized spacial score (nSPS) is 14.8. The molecule has 0 spiro atoms. The maximum absolute atomic E-state index is 12.1. The topological polar surface area (TPSA) is 58.2 Å². The van der Waals surface area contributed by atoms with Gasteiger partial charge in [0.15, 0.2) is 0 Å². The number of anilines is 1. The number of carbonyl (C=O) groups is 2. The molecule has 0 bridgehead atoms. The van der Waals surface area contributed by atoms with Gasteiger partial charge in [-0.3, -0.25) is 9.59 Å². The number of halogens is 1. The second-order valence-electron chi connectivity index (χ2n) is 6.47. The number of carbonyl (C=O) groups excluding carboxylic acids is 2. The molecule has 5 heteroatoms. The molecule has 2 amide bonds. The summed E-state index contributed by atoms with van der Waals surface area (Å²) in [7, 11) is 0. The van der Waals surface area contributed by atoms with Gasteiger partial charge in [0.2, 0.25) is 11.8 Å². The Balaban J connectivity index is 1.55. The highest BCUT2D eigenvalue weighted by atomic mass is 35.5. The third-order valence-corrected chi connectivity index (χ3v) is 4.65. The van der Waals surface area contributed by atoms with Crippen LogP contribution in [0.3, 0.4) is 0 Å². The average molecular weight is 369 g/mol. The van der Waals surface area contributed by atoms with Crippen LogP contribution in [0.25, 0.3) is 6.08 Å². The van der Waals surface area contributed by atoms with Gasteiger partial charge in [-0.1, -0.05) is 41.9 Å². The van der Waals surface area contributed by atoms with Crippen LogP contribution in [-0.2, 0) is 9.59 Å². The van der Waals surface area contributed by atoms with E-state index < -0.39 is 0 Å². The van der Waals surface area contributed by atoms with E-state index in [-0.39, 0.29) is 23.8 Å². The van der Waals surface area contributed by atoms with Crippen LogP contribution in [0.1, 0.15) is 36.9 Å². The van der Waals surface area contributed by atoms with Gasteiger partial charge in [-0.25, -0.2) is 0 Å². The predicted molar refractivity (Wildman–Crippen MR) is 105 cm³/mol. The van der Waals surface area contributed by atoms with E-state index >= 15 is 0 Å². The van der Waals surface area contributed by atoms with Crippen molar-refractivity contribution in [2.24, 2.45) is 5.92 Å². The number of hydrogen-bond donors (Lipinski definition) is 2. The van der Waals surface area contributed by atoms with Gasteiger partial charge in [0.05, 0.1) is 6.04 Å². The quantitative estimate of drug-likeness (QED) is 0.733. The van der Waals surface area contributed by atoms with E-state index in [1.165, 1.54) is 6.08 Å². The van der Waals surface area contributed by atoms with E-state index in [1.54, 1.807) is 12.1 Å². The number of nitrogens with one attached hydrogen (secondary N) is 2. The van der Waals surface area contributed by atoms with Crippen LogP contribution in [0.5, 0.6) is 0 Å². The zero-order chi connectivity index (χ0) is 18.5. The zero-order valence-corrected chi connectivity index (χ0v) is 15.3. The SMILES string of the molecule is CC(NC(=O)/C=C/c1ccccc1Cl)c1ccc(NC(=O)C2CC2)cc1. The molecule has 0 radical (unpaired) electrons. The Kier molecular flexibility index (Phi) is 5.74. The third-order valence-electron chi connectivity index (χ3n) is 4.30. The van der Waals surface area contributed by atoms with Gasteiger partial charge < -0.3 is 10.6 Å². The summed E-state index contributed by atoms with van der Waals surface area (Å²) in [5.41, 5.74) is 2.55. The molecule has 3 rings (SSSR count). The maximum atomic E-state index is 12.1. The molecule has 0 heterocycles. The average Bonchev–Trinajstić information content (AvgIpc) is 3.47. The van der Waals surface area contributed by atoms with E-state index in [1.807, 2.05) is 49.4 Å². The van der Waals surface area contributed by atoms with Crippen LogP contribution in [0.15, 0.2) is 54.6 Å². The van der Waals surface area contributed by atoms with E-state index in [0.717, 1.165) is 29.7 Å². The van der Waals surface area contributed by atoms with Crippen LogP contribution in [0.4, 0.5) is 5.69 Å². The van der Waals surface area contributed by atoms with Gasteiger partial charge in [-0.15, -0.1) is 0 Å². The van der Waals surface area contributed by atoms with E-state index in [0.29, 0.717) is 5.02 Å². The summed E-state index contributed by atoms with van der Waals surface area (Å²) >= 11 is 6.07. The molecule has 4 nitrogen and oxygen atoms in total. The first kappa shape index (κ1) is 18.2. The molecule has 1 saturated carbocycles. The summed E-state index contributed by atoms with van der Waals surface area (Å²) in [6.45, 7) is 1.92. The first-order valence-corrected chi connectivity index (χ1v) is 9.04.